The molecule has 2 aliphatic rings. The van der Waals surface area contributed by atoms with E-state index >= 15 is 0 Å². The fraction of sp³-hybridized carbons (Fsp3) is 0.389. The van der Waals surface area contributed by atoms with Crippen LogP contribution in [0, 0.1) is 11.8 Å². The molecule has 2 fully saturated rings. The molecule has 1 aromatic heterocycles. The number of pyridine rings is 1. The second-order valence-corrected chi connectivity index (χ2v) is 6.34. The molecule has 0 unspecified atom stereocenters. The summed E-state index contributed by atoms with van der Waals surface area (Å²) in [4.78, 5) is 4.07. The minimum Gasteiger partial charge on any atom is -0.506 e. The van der Waals surface area contributed by atoms with Gasteiger partial charge in [0.1, 0.15) is 17.6 Å². The zero-order chi connectivity index (χ0) is 14.9. The molecule has 1 aliphatic heterocycles. The average molecular weight is 296 g/mol. The Morgan fingerprint density at radius 1 is 1.14 bits per heavy atom. The third-order valence-electron chi connectivity index (χ3n) is 4.77. The smallest absolute Gasteiger partial charge is 0.134 e. The van der Waals surface area contributed by atoms with E-state index in [1.807, 2.05) is 24.3 Å². The van der Waals surface area contributed by atoms with Crippen LogP contribution >= 0.6 is 0 Å². The van der Waals surface area contributed by atoms with Crippen LogP contribution < -0.4 is 10.1 Å². The van der Waals surface area contributed by atoms with Crippen molar-refractivity contribution in [3.05, 3.63) is 42.7 Å². The van der Waals surface area contributed by atoms with Crippen LogP contribution in [0.5, 0.6) is 11.5 Å². The molecule has 2 aromatic rings. The first kappa shape index (κ1) is 13.6. The lowest BCUT2D eigenvalue weighted by molar-refractivity contribution is 0.161. The summed E-state index contributed by atoms with van der Waals surface area (Å²) in [7, 11) is 0. The third-order valence-corrected chi connectivity index (χ3v) is 4.77. The van der Waals surface area contributed by atoms with Crippen molar-refractivity contribution in [1.82, 2.24) is 10.3 Å². The second kappa shape index (κ2) is 5.61. The lowest BCUT2D eigenvalue weighted by Gasteiger charge is -2.23. The van der Waals surface area contributed by atoms with Crippen LogP contribution in [0.1, 0.15) is 12.8 Å². The highest BCUT2D eigenvalue weighted by Gasteiger charge is 2.38. The highest BCUT2D eigenvalue weighted by molar-refractivity contribution is 5.70. The topological polar surface area (TPSA) is 54.4 Å². The first-order chi connectivity index (χ1) is 10.8. The molecule has 0 amide bonds. The minimum atomic E-state index is 0.174. The number of para-hydroxylation sites is 1. The Hall–Kier alpha value is -2.07. The summed E-state index contributed by atoms with van der Waals surface area (Å²) >= 11 is 0. The molecule has 2 heterocycles. The number of nitrogens with zero attached hydrogens (tertiary/aromatic N) is 1. The van der Waals surface area contributed by atoms with E-state index in [9.17, 15) is 5.11 Å². The Bertz CT molecular complexity index is 674. The van der Waals surface area contributed by atoms with Gasteiger partial charge in [0, 0.05) is 29.8 Å². The standard InChI is InChI=1S/C18H20N2O2/c21-15-7-13(9-20-11-15)16-3-1-2-4-17(16)22-18-6-12-5-14(18)10-19-8-12/h1-4,7,9,11-12,14,18-19,21H,5-6,8,10H2/t12-,14-,18+/m0/s1. The molecule has 1 aromatic carbocycles. The number of aromatic nitrogens is 1. The first-order valence-electron chi connectivity index (χ1n) is 7.90. The molecule has 4 heteroatoms. The van der Waals surface area contributed by atoms with Crippen LogP contribution in [0.2, 0.25) is 0 Å². The molecule has 4 nitrogen and oxygen atoms in total. The van der Waals surface area contributed by atoms with Crippen molar-refractivity contribution in [2.75, 3.05) is 13.1 Å². The molecule has 2 N–H and O–H groups in total. The molecule has 2 bridgehead atoms. The van der Waals surface area contributed by atoms with Crippen LogP contribution in [0.25, 0.3) is 11.1 Å². The molecule has 114 valence electrons. The fourth-order valence-corrected chi connectivity index (χ4v) is 3.74. The van der Waals surface area contributed by atoms with E-state index in [0.29, 0.717) is 5.92 Å². The van der Waals surface area contributed by atoms with E-state index in [4.69, 9.17) is 4.74 Å². The largest absolute Gasteiger partial charge is 0.506 e. The Balaban J connectivity index is 1.62. The van der Waals surface area contributed by atoms with Gasteiger partial charge < -0.3 is 15.2 Å². The molecular formula is C18H20N2O2. The summed E-state index contributed by atoms with van der Waals surface area (Å²) in [6.45, 7) is 2.17. The van der Waals surface area contributed by atoms with Crippen molar-refractivity contribution in [3.63, 3.8) is 0 Å². The van der Waals surface area contributed by atoms with Crippen LogP contribution in [-0.2, 0) is 0 Å². The van der Waals surface area contributed by atoms with Gasteiger partial charge >= 0.3 is 0 Å². The second-order valence-electron chi connectivity index (χ2n) is 6.34. The van der Waals surface area contributed by atoms with Gasteiger partial charge in [-0.05, 0) is 37.4 Å². The molecule has 1 saturated carbocycles. The number of hydrogen-bond donors (Lipinski definition) is 2. The molecule has 1 saturated heterocycles. The number of rotatable bonds is 3. The Labute approximate surface area is 130 Å². The predicted octanol–water partition coefficient (Wildman–Crippen LogP) is 2.83. The highest BCUT2D eigenvalue weighted by atomic mass is 16.5. The van der Waals surface area contributed by atoms with Gasteiger partial charge in [-0.25, -0.2) is 0 Å². The van der Waals surface area contributed by atoms with Gasteiger partial charge in [-0.2, -0.15) is 0 Å². The molecule has 1 aliphatic carbocycles. The van der Waals surface area contributed by atoms with Gasteiger partial charge in [0.05, 0.1) is 6.20 Å². The summed E-state index contributed by atoms with van der Waals surface area (Å²) in [5.41, 5.74) is 1.87. The maximum absolute atomic E-state index is 9.66. The van der Waals surface area contributed by atoms with Gasteiger partial charge in [-0.1, -0.05) is 18.2 Å². The van der Waals surface area contributed by atoms with Crippen LogP contribution in [-0.4, -0.2) is 29.3 Å². The van der Waals surface area contributed by atoms with E-state index in [0.717, 1.165) is 42.3 Å². The Morgan fingerprint density at radius 2 is 2.05 bits per heavy atom. The molecule has 3 atom stereocenters. The number of hydrogen-bond acceptors (Lipinski definition) is 4. The van der Waals surface area contributed by atoms with Crippen molar-refractivity contribution in [2.24, 2.45) is 11.8 Å². The average Bonchev–Trinajstić information content (AvgIpc) is 2.81. The highest BCUT2D eigenvalue weighted by Crippen LogP contribution is 2.39. The predicted molar refractivity (Wildman–Crippen MR) is 84.8 cm³/mol. The van der Waals surface area contributed by atoms with Gasteiger partial charge in [0.15, 0.2) is 0 Å². The van der Waals surface area contributed by atoms with Gasteiger partial charge in [0.25, 0.3) is 0 Å². The maximum Gasteiger partial charge on any atom is 0.134 e. The van der Waals surface area contributed by atoms with E-state index in [-0.39, 0.29) is 11.9 Å². The number of piperidine rings is 1. The normalized spacial score (nSPS) is 26.8. The molecule has 0 spiro atoms. The van der Waals surface area contributed by atoms with Crippen molar-refractivity contribution >= 4 is 0 Å². The number of nitrogens with one attached hydrogen (secondary N) is 1. The summed E-state index contributed by atoms with van der Waals surface area (Å²) in [6.07, 6.45) is 5.89. The zero-order valence-corrected chi connectivity index (χ0v) is 12.4. The number of fused-ring (bicyclic) bond motifs is 2. The lowest BCUT2D eigenvalue weighted by atomic mass is 10.0. The number of benzene rings is 1. The summed E-state index contributed by atoms with van der Waals surface area (Å²) in [5.74, 6) is 2.41. The molecule has 4 rings (SSSR count). The van der Waals surface area contributed by atoms with Crippen LogP contribution in [0.15, 0.2) is 42.7 Å². The Kier molecular flexibility index (Phi) is 3.47. The third kappa shape index (κ3) is 2.55. The first-order valence-corrected chi connectivity index (χ1v) is 7.90. The monoisotopic (exact) mass is 296 g/mol. The van der Waals surface area contributed by atoms with Crippen molar-refractivity contribution in [2.45, 2.75) is 18.9 Å². The quantitative estimate of drug-likeness (QED) is 0.914. The lowest BCUT2D eigenvalue weighted by Crippen LogP contribution is -2.34. The Morgan fingerprint density at radius 3 is 2.91 bits per heavy atom. The van der Waals surface area contributed by atoms with Crippen LogP contribution in [0.3, 0.4) is 0 Å². The molecule has 0 radical (unpaired) electrons. The van der Waals surface area contributed by atoms with Gasteiger partial charge in [-0.3, -0.25) is 4.98 Å². The summed E-state index contributed by atoms with van der Waals surface area (Å²) < 4.78 is 6.37. The number of aromatic hydroxyl groups is 1. The van der Waals surface area contributed by atoms with Crippen molar-refractivity contribution < 1.29 is 9.84 Å². The van der Waals surface area contributed by atoms with Gasteiger partial charge in [0.2, 0.25) is 0 Å². The minimum absolute atomic E-state index is 0.174. The number of ether oxygens (including phenoxy) is 1. The summed E-state index contributed by atoms with van der Waals surface area (Å²) in [6, 6.07) is 9.74. The summed E-state index contributed by atoms with van der Waals surface area (Å²) in [5, 5.41) is 13.2. The molecular weight excluding hydrogens is 276 g/mol. The van der Waals surface area contributed by atoms with E-state index in [1.54, 1.807) is 12.3 Å². The van der Waals surface area contributed by atoms with E-state index in [2.05, 4.69) is 10.3 Å². The maximum atomic E-state index is 9.66. The SMILES string of the molecule is Oc1cncc(-c2ccccc2O[C@@H]2C[C@H]3CNC[C@@H]2C3)c1. The molecule has 22 heavy (non-hydrogen) atoms. The van der Waals surface area contributed by atoms with Crippen molar-refractivity contribution in [3.8, 4) is 22.6 Å². The van der Waals surface area contributed by atoms with Crippen LogP contribution in [0.4, 0.5) is 0 Å². The van der Waals surface area contributed by atoms with E-state index in [1.165, 1.54) is 12.6 Å². The fourth-order valence-electron chi connectivity index (χ4n) is 3.74. The van der Waals surface area contributed by atoms with E-state index < -0.39 is 0 Å². The van der Waals surface area contributed by atoms with Crippen molar-refractivity contribution in [1.29, 1.82) is 0 Å². The zero-order valence-electron chi connectivity index (χ0n) is 12.4. The van der Waals surface area contributed by atoms with Gasteiger partial charge in [-0.15, -0.1) is 0 Å².